The third-order valence-corrected chi connectivity index (χ3v) is 4.98. The van der Waals surface area contributed by atoms with Crippen molar-refractivity contribution in [2.45, 2.75) is 58.3 Å². The summed E-state index contributed by atoms with van der Waals surface area (Å²) in [5.74, 6) is 1.37. The van der Waals surface area contributed by atoms with E-state index in [1.165, 1.54) is 31.5 Å². The molecule has 0 atom stereocenters. The Kier molecular flexibility index (Phi) is 8.31. The van der Waals surface area contributed by atoms with Crippen LogP contribution in [0.25, 0.3) is 0 Å². The first-order valence-corrected chi connectivity index (χ1v) is 9.61. The number of ether oxygens (including phenoxy) is 1. The number of carbonyl (C=O) groups is 1. The van der Waals surface area contributed by atoms with Gasteiger partial charge in [0.2, 0.25) is 0 Å². The topological polar surface area (TPSA) is 94.4 Å². The van der Waals surface area contributed by atoms with Crippen LogP contribution < -0.4 is 5.32 Å². The lowest BCUT2D eigenvalue weighted by Gasteiger charge is -2.27. The van der Waals surface area contributed by atoms with Crippen molar-refractivity contribution in [2.24, 2.45) is 11.8 Å². The number of unbranched alkanes of at least 4 members (excludes halogenated alkanes) is 1. The van der Waals surface area contributed by atoms with Gasteiger partial charge in [0, 0.05) is 12.6 Å². The van der Waals surface area contributed by atoms with Gasteiger partial charge in [-0.1, -0.05) is 26.2 Å². The zero-order valence-corrected chi connectivity index (χ0v) is 15.5. The highest BCUT2D eigenvalue weighted by atomic mass is 16.6. The molecule has 1 N–H and O–H groups in total. The zero-order valence-electron chi connectivity index (χ0n) is 15.5. The lowest BCUT2D eigenvalue weighted by molar-refractivity contribution is -0.385. The van der Waals surface area contributed by atoms with Crippen LogP contribution in [0.2, 0.25) is 0 Å². The maximum Gasteiger partial charge on any atom is 0.308 e. The van der Waals surface area contributed by atoms with Gasteiger partial charge in [0.1, 0.15) is 12.0 Å². The summed E-state index contributed by atoms with van der Waals surface area (Å²) in [6, 6.07) is 2.98. The van der Waals surface area contributed by atoms with Crippen LogP contribution in [-0.2, 0) is 9.53 Å². The zero-order chi connectivity index (χ0) is 18.8. The molecule has 0 bridgehead atoms. The second-order valence-corrected chi connectivity index (χ2v) is 6.97. The molecule has 0 aliphatic heterocycles. The molecule has 1 fully saturated rings. The molecule has 1 aromatic heterocycles. The Morgan fingerprint density at radius 2 is 2.08 bits per heavy atom. The van der Waals surface area contributed by atoms with E-state index >= 15 is 0 Å². The lowest BCUT2D eigenvalue weighted by atomic mass is 9.80. The molecule has 0 aromatic carbocycles. The summed E-state index contributed by atoms with van der Waals surface area (Å²) in [5, 5.41) is 13.6. The van der Waals surface area contributed by atoms with Crippen molar-refractivity contribution >= 4 is 17.5 Å². The van der Waals surface area contributed by atoms with Crippen LogP contribution in [0.1, 0.15) is 58.3 Å². The Hall–Kier alpha value is -2.18. The molecule has 0 amide bonds. The largest absolute Gasteiger partial charge is 0.465 e. The van der Waals surface area contributed by atoms with Gasteiger partial charge in [-0.15, -0.1) is 0 Å². The van der Waals surface area contributed by atoms with Crippen molar-refractivity contribution in [3.05, 3.63) is 28.4 Å². The molecule has 144 valence electrons. The molecule has 0 spiro atoms. The number of nitro groups is 1. The standard InChI is InChI=1S/C19H29N3O4/c1-2-3-5-15-6-8-16(9-7-15)19(23)26-13-4-12-20-18-11-10-17(14-21-18)22(24)25/h10-11,14-16H,2-9,12-13H2,1H3,(H,20,21). The number of nitrogens with zero attached hydrogens (tertiary/aromatic N) is 2. The number of hydrogen-bond donors (Lipinski definition) is 1. The molecule has 1 aliphatic carbocycles. The first-order chi connectivity index (χ1) is 12.6. The van der Waals surface area contributed by atoms with Gasteiger partial charge < -0.3 is 10.1 Å². The quantitative estimate of drug-likeness (QED) is 0.288. The number of aromatic nitrogens is 1. The minimum absolute atomic E-state index is 0.0334. The predicted molar refractivity (Wildman–Crippen MR) is 99.9 cm³/mol. The van der Waals surface area contributed by atoms with Crippen LogP contribution >= 0.6 is 0 Å². The number of hydrogen-bond acceptors (Lipinski definition) is 6. The number of esters is 1. The van der Waals surface area contributed by atoms with Gasteiger partial charge in [0.15, 0.2) is 0 Å². The molecule has 1 saturated carbocycles. The van der Waals surface area contributed by atoms with Crippen molar-refractivity contribution in [1.29, 1.82) is 0 Å². The maximum atomic E-state index is 12.1. The average molecular weight is 363 g/mol. The number of carbonyl (C=O) groups excluding carboxylic acids is 1. The van der Waals surface area contributed by atoms with E-state index in [1.54, 1.807) is 6.07 Å². The van der Waals surface area contributed by atoms with Crippen LogP contribution in [-0.4, -0.2) is 29.0 Å². The van der Waals surface area contributed by atoms with Gasteiger partial charge in [0.25, 0.3) is 5.69 Å². The van der Waals surface area contributed by atoms with Crippen LogP contribution in [0.3, 0.4) is 0 Å². The number of rotatable bonds is 10. The highest BCUT2D eigenvalue weighted by molar-refractivity contribution is 5.72. The Morgan fingerprint density at radius 3 is 2.69 bits per heavy atom. The van der Waals surface area contributed by atoms with Gasteiger partial charge in [0.05, 0.1) is 17.4 Å². The van der Waals surface area contributed by atoms with Gasteiger partial charge in [-0.2, -0.15) is 0 Å². The Labute approximate surface area is 154 Å². The van der Waals surface area contributed by atoms with E-state index in [4.69, 9.17) is 4.74 Å². The lowest BCUT2D eigenvalue weighted by Crippen LogP contribution is -2.24. The summed E-state index contributed by atoms with van der Waals surface area (Å²) in [7, 11) is 0. The maximum absolute atomic E-state index is 12.1. The summed E-state index contributed by atoms with van der Waals surface area (Å²) < 4.78 is 5.40. The number of nitrogens with one attached hydrogen (secondary N) is 1. The van der Waals surface area contributed by atoms with Crippen molar-refractivity contribution in [3.63, 3.8) is 0 Å². The van der Waals surface area contributed by atoms with E-state index in [1.807, 2.05) is 0 Å². The van der Waals surface area contributed by atoms with E-state index in [2.05, 4.69) is 17.2 Å². The summed E-state index contributed by atoms with van der Waals surface area (Å²) in [5.41, 5.74) is -0.0334. The van der Waals surface area contributed by atoms with E-state index in [0.29, 0.717) is 25.4 Å². The van der Waals surface area contributed by atoms with E-state index in [0.717, 1.165) is 31.6 Å². The molecular formula is C19H29N3O4. The second kappa shape index (κ2) is 10.7. The molecule has 7 nitrogen and oxygen atoms in total. The Bertz CT molecular complexity index is 569. The summed E-state index contributed by atoms with van der Waals surface area (Å²) in [4.78, 5) is 26.2. The third kappa shape index (κ3) is 6.61. The van der Waals surface area contributed by atoms with Gasteiger partial charge in [-0.25, -0.2) is 4.98 Å². The first-order valence-electron chi connectivity index (χ1n) is 9.61. The van der Waals surface area contributed by atoms with Crippen molar-refractivity contribution in [1.82, 2.24) is 4.98 Å². The minimum Gasteiger partial charge on any atom is -0.465 e. The molecule has 0 radical (unpaired) electrons. The molecule has 0 saturated heterocycles. The highest BCUT2D eigenvalue weighted by Gasteiger charge is 2.26. The van der Waals surface area contributed by atoms with E-state index in [-0.39, 0.29) is 17.6 Å². The fourth-order valence-corrected chi connectivity index (χ4v) is 3.36. The SMILES string of the molecule is CCCCC1CCC(C(=O)OCCCNc2ccc([N+](=O)[O-])cn2)CC1. The molecular weight excluding hydrogens is 334 g/mol. The normalized spacial score (nSPS) is 19.7. The molecule has 0 unspecified atom stereocenters. The Morgan fingerprint density at radius 1 is 1.31 bits per heavy atom. The van der Waals surface area contributed by atoms with Gasteiger partial charge >= 0.3 is 5.97 Å². The molecule has 1 aromatic rings. The minimum atomic E-state index is -0.479. The first kappa shape index (κ1) is 20.1. The monoisotopic (exact) mass is 363 g/mol. The summed E-state index contributed by atoms with van der Waals surface area (Å²) in [6.07, 6.45) is 9.93. The fourth-order valence-electron chi connectivity index (χ4n) is 3.36. The average Bonchev–Trinajstić information content (AvgIpc) is 2.66. The summed E-state index contributed by atoms with van der Waals surface area (Å²) in [6.45, 7) is 3.20. The third-order valence-electron chi connectivity index (χ3n) is 4.98. The molecule has 1 aliphatic rings. The second-order valence-electron chi connectivity index (χ2n) is 6.97. The Balaban J connectivity index is 1.57. The van der Waals surface area contributed by atoms with Crippen LogP contribution in [0.4, 0.5) is 11.5 Å². The van der Waals surface area contributed by atoms with Gasteiger partial charge in [-0.3, -0.25) is 14.9 Å². The summed E-state index contributed by atoms with van der Waals surface area (Å²) >= 11 is 0. The van der Waals surface area contributed by atoms with Crippen LogP contribution in [0.15, 0.2) is 18.3 Å². The van der Waals surface area contributed by atoms with E-state index < -0.39 is 4.92 Å². The van der Waals surface area contributed by atoms with Crippen molar-refractivity contribution in [2.75, 3.05) is 18.5 Å². The van der Waals surface area contributed by atoms with Crippen molar-refractivity contribution in [3.8, 4) is 0 Å². The van der Waals surface area contributed by atoms with E-state index in [9.17, 15) is 14.9 Å². The molecule has 26 heavy (non-hydrogen) atoms. The molecule has 2 rings (SSSR count). The number of anilines is 1. The molecule has 1 heterocycles. The number of pyridine rings is 1. The van der Waals surface area contributed by atoms with Crippen molar-refractivity contribution < 1.29 is 14.5 Å². The molecule has 7 heteroatoms. The van der Waals surface area contributed by atoms with Gasteiger partial charge in [-0.05, 0) is 44.1 Å². The smallest absolute Gasteiger partial charge is 0.308 e. The van der Waals surface area contributed by atoms with Crippen LogP contribution in [0.5, 0.6) is 0 Å². The predicted octanol–water partition coefficient (Wildman–Crippen LogP) is 4.33. The van der Waals surface area contributed by atoms with Crippen LogP contribution in [0, 0.1) is 22.0 Å². The highest BCUT2D eigenvalue weighted by Crippen LogP contribution is 2.32. The fraction of sp³-hybridized carbons (Fsp3) is 0.684.